The quantitative estimate of drug-likeness (QED) is 0.590. The summed E-state index contributed by atoms with van der Waals surface area (Å²) in [7, 11) is 0. The Hall–Kier alpha value is -3.19. The molecule has 0 aliphatic rings. The Balaban J connectivity index is 1.81. The van der Waals surface area contributed by atoms with Crippen LogP contribution in [0, 0.1) is 12.7 Å². The first-order chi connectivity index (χ1) is 13.4. The third-order valence-corrected chi connectivity index (χ3v) is 5.07. The van der Waals surface area contributed by atoms with Gasteiger partial charge in [0, 0.05) is 12.1 Å². The summed E-state index contributed by atoms with van der Waals surface area (Å²) < 4.78 is 13.5. The second kappa shape index (κ2) is 8.67. The molecule has 1 atom stereocenters. The molecule has 3 N–H and O–H groups in total. The molecule has 2 amide bonds. The Morgan fingerprint density at radius 1 is 1.14 bits per heavy atom. The topological polar surface area (TPSA) is 78.4 Å². The molecule has 0 fully saturated rings. The molecule has 1 unspecified atom stereocenters. The standard InChI is InChI=1S/C21H19FN2O3S/c1-13-4-7-15(22)12-17(13)23-20(26)18(11-14-5-8-16(25)9-6-14)24-21(27)19-3-2-10-28-19/h2-10,12,18,25H,11H2,1H3,(H,23,26)(H,24,27). The van der Waals surface area contributed by atoms with Crippen molar-refractivity contribution in [3.05, 3.63) is 81.8 Å². The first-order valence-electron chi connectivity index (χ1n) is 8.61. The first kappa shape index (κ1) is 19.6. The van der Waals surface area contributed by atoms with Crippen molar-refractivity contribution in [3.8, 4) is 5.75 Å². The Labute approximate surface area is 165 Å². The molecular formula is C21H19FN2O3S. The molecule has 0 aliphatic heterocycles. The van der Waals surface area contributed by atoms with Crippen molar-refractivity contribution in [2.75, 3.05) is 5.32 Å². The summed E-state index contributed by atoms with van der Waals surface area (Å²) in [5.41, 5.74) is 1.83. The Morgan fingerprint density at radius 2 is 1.89 bits per heavy atom. The predicted octanol–water partition coefficient (Wildman–Crippen LogP) is 3.88. The van der Waals surface area contributed by atoms with E-state index in [1.54, 1.807) is 42.6 Å². The average molecular weight is 398 g/mol. The van der Waals surface area contributed by atoms with E-state index in [-0.39, 0.29) is 18.1 Å². The fraction of sp³-hybridized carbons (Fsp3) is 0.143. The van der Waals surface area contributed by atoms with Gasteiger partial charge in [-0.15, -0.1) is 11.3 Å². The lowest BCUT2D eigenvalue weighted by molar-refractivity contribution is -0.118. The van der Waals surface area contributed by atoms with E-state index in [4.69, 9.17) is 0 Å². The summed E-state index contributed by atoms with van der Waals surface area (Å²) >= 11 is 1.27. The second-order valence-electron chi connectivity index (χ2n) is 6.32. The molecule has 0 bridgehead atoms. The number of carbonyl (C=O) groups is 2. The van der Waals surface area contributed by atoms with Crippen LogP contribution in [0.1, 0.15) is 20.8 Å². The highest BCUT2D eigenvalue weighted by Crippen LogP contribution is 2.18. The lowest BCUT2D eigenvalue weighted by Gasteiger charge is -2.19. The minimum atomic E-state index is -0.873. The van der Waals surface area contributed by atoms with Gasteiger partial charge in [0.15, 0.2) is 0 Å². The number of phenolic OH excluding ortho intramolecular Hbond substituents is 1. The molecule has 7 heteroatoms. The number of hydrogen-bond acceptors (Lipinski definition) is 4. The van der Waals surface area contributed by atoms with Gasteiger partial charge in [0.1, 0.15) is 17.6 Å². The number of aryl methyl sites for hydroxylation is 1. The molecular weight excluding hydrogens is 379 g/mol. The molecule has 3 aromatic rings. The third kappa shape index (κ3) is 4.95. The zero-order valence-corrected chi connectivity index (χ0v) is 15.9. The van der Waals surface area contributed by atoms with Crippen LogP contribution in [0.15, 0.2) is 60.0 Å². The maximum atomic E-state index is 13.5. The average Bonchev–Trinajstić information content (AvgIpc) is 3.21. The van der Waals surface area contributed by atoms with E-state index < -0.39 is 17.8 Å². The largest absolute Gasteiger partial charge is 0.508 e. The Morgan fingerprint density at radius 3 is 2.57 bits per heavy atom. The van der Waals surface area contributed by atoms with Crippen molar-refractivity contribution >= 4 is 28.8 Å². The number of thiophene rings is 1. The van der Waals surface area contributed by atoms with Gasteiger partial charge < -0.3 is 15.7 Å². The van der Waals surface area contributed by atoms with E-state index in [0.29, 0.717) is 16.1 Å². The molecule has 0 saturated heterocycles. The van der Waals surface area contributed by atoms with Crippen LogP contribution >= 0.6 is 11.3 Å². The summed E-state index contributed by atoms with van der Waals surface area (Å²) in [6.07, 6.45) is 0.220. The molecule has 0 aliphatic carbocycles. The molecule has 2 aromatic carbocycles. The van der Waals surface area contributed by atoms with E-state index in [2.05, 4.69) is 10.6 Å². The molecule has 0 spiro atoms. The van der Waals surface area contributed by atoms with E-state index in [9.17, 15) is 19.1 Å². The van der Waals surface area contributed by atoms with Gasteiger partial charge in [-0.05, 0) is 53.8 Å². The number of aromatic hydroxyl groups is 1. The zero-order valence-electron chi connectivity index (χ0n) is 15.1. The lowest BCUT2D eigenvalue weighted by atomic mass is 10.0. The van der Waals surface area contributed by atoms with Gasteiger partial charge in [-0.1, -0.05) is 24.3 Å². The summed E-state index contributed by atoms with van der Waals surface area (Å²) in [5.74, 6) is -1.15. The minimum Gasteiger partial charge on any atom is -0.508 e. The Bertz CT molecular complexity index is 972. The zero-order chi connectivity index (χ0) is 20.1. The van der Waals surface area contributed by atoms with Crippen molar-refractivity contribution in [2.45, 2.75) is 19.4 Å². The first-order valence-corrected chi connectivity index (χ1v) is 9.49. The van der Waals surface area contributed by atoms with E-state index in [0.717, 1.165) is 5.56 Å². The highest BCUT2D eigenvalue weighted by molar-refractivity contribution is 7.12. The smallest absolute Gasteiger partial charge is 0.262 e. The number of benzene rings is 2. The van der Waals surface area contributed by atoms with Gasteiger partial charge in [0.25, 0.3) is 5.91 Å². The number of carbonyl (C=O) groups excluding carboxylic acids is 2. The normalized spacial score (nSPS) is 11.6. The summed E-state index contributed by atoms with van der Waals surface area (Å²) in [5, 5.41) is 16.7. The molecule has 5 nitrogen and oxygen atoms in total. The molecule has 0 radical (unpaired) electrons. The van der Waals surface area contributed by atoms with Gasteiger partial charge in [-0.25, -0.2) is 4.39 Å². The summed E-state index contributed by atoms with van der Waals surface area (Å²) in [4.78, 5) is 25.8. The maximum absolute atomic E-state index is 13.5. The highest BCUT2D eigenvalue weighted by Gasteiger charge is 2.23. The molecule has 28 heavy (non-hydrogen) atoms. The van der Waals surface area contributed by atoms with Crippen LogP contribution in [-0.4, -0.2) is 23.0 Å². The molecule has 0 saturated carbocycles. The number of amides is 2. The maximum Gasteiger partial charge on any atom is 0.262 e. The van der Waals surface area contributed by atoms with Crippen molar-refractivity contribution in [2.24, 2.45) is 0 Å². The number of halogens is 1. The van der Waals surface area contributed by atoms with Crippen LogP contribution in [-0.2, 0) is 11.2 Å². The van der Waals surface area contributed by atoms with Crippen LogP contribution in [0.25, 0.3) is 0 Å². The van der Waals surface area contributed by atoms with Crippen LogP contribution in [0.3, 0.4) is 0 Å². The van der Waals surface area contributed by atoms with Gasteiger partial charge in [-0.2, -0.15) is 0 Å². The monoisotopic (exact) mass is 398 g/mol. The lowest BCUT2D eigenvalue weighted by Crippen LogP contribution is -2.45. The number of nitrogens with one attached hydrogen (secondary N) is 2. The van der Waals surface area contributed by atoms with Crippen LogP contribution in [0.2, 0.25) is 0 Å². The molecule has 1 heterocycles. The molecule has 3 rings (SSSR count). The number of rotatable bonds is 6. The van der Waals surface area contributed by atoms with Gasteiger partial charge in [0.2, 0.25) is 5.91 Å². The van der Waals surface area contributed by atoms with Crippen molar-refractivity contribution in [1.29, 1.82) is 0 Å². The molecule has 1 aromatic heterocycles. The summed E-state index contributed by atoms with van der Waals surface area (Å²) in [6.45, 7) is 1.76. The van der Waals surface area contributed by atoms with Gasteiger partial charge in [0.05, 0.1) is 4.88 Å². The number of anilines is 1. The third-order valence-electron chi connectivity index (χ3n) is 4.20. The van der Waals surface area contributed by atoms with Crippen LogP contribution in [0.4, 0.5) is 10.1 Å². The van der Waals surface area contributed by atoms with E-state index in [1.807, 2.05) is 0 Å². The SMILES string of the molecule is Cc1ccc(F)cc1NC(=O)C(Cc1ccc(O)cc1)NC(=O)c1cccs1. The summed E-state index contributed by atoms with van der Waals surface area (Å²) in [6, 6.07) is 13.1. The highest BCUT2D eigenvalue weighted by atomic mass is 32.1. The Kier molecular flexibility index (Phi) is 6.06. The fourth-order valence-electron chi connectivity index (χ4n) is 2.66. The van der Waals surface area contributed by atoms with Crippen molar-refractivity contribution in [1.82, 2.24) is 5.32 Å². The van der Waals surface area contributed by atoms with Crippen molar-refractivity contribution in [3.63, 3.8) is 0 Å². The number of hydrogen-bond donors (Lipinski definition) is 3. The fourth-order valence-corrected chi connectivity index (χ4v) is 3.29. The minimum absolute atomic E-state index is 0.114. The van der Waals surface area contributed by atoms with E-state index >= 15 is 0 Å². The number of phenols is 1. The van der Waals surface area contributed by atoms with Gasteiger partial charge >= 0.3 is 0 Å². The van der Waals surface area contributed by atoms with Gasteiger partial charge in [-0.3, -0.25) is 9.59 Å². The van der Waals surface area contributed by atoms with Crippen LogP contribution < -0.4 is 10.6 Å². The molecule has 144 valence electrons. The van der Waals surface area contributed by atoms with Crippen LogP contribution in [0.5, 0.6) is 5.75 Å². The predicted molar refractivity (Wildman–Crippen MR) is 107 cm³/mol. The second-order valence-corrected chi connectivity index (χ2v) is 7.27. The van der Waals surface area contributed by atoms with E-state index in [1.165, 1.54) is 35.6 Å². The van der Waals surface area contributed by atoms with Crippen molar-refractivity contribution < 1.29 is 19.1 Å².